The molecule has 1 aromatic carbocycles. The van der Waals surface area contributed by atoms with Crippen LogP contribution in [0.3, 0.4) is 0 Å². The number of anilines is 1. The highest BCUT2D eigenvalue weighted by Gasteiger charge is 2.17. The van der Waals surface area contributed by atoms with Crippen LogP contribution in [0.4, 0.5) is 16.0 Å². The first kappa shape index (κ1) is 15.3. The predicted molar refractivity (Wildman–Crippen MR) is 80.9 cm³/mol. The van der Waals surface area contributed by atoms with E-state index in [-0.39, 0.29) is 23.1 Å². The number of rotatable bonds is 5. The fraction of sp³-hybridized carbons (Fsp3) is 0.0714. The lowest BCUT2D eigenvalue weighted by molar-refractivity contribution is -0.389. The zero-order valence-corrected chi connectivity index (χ0v) is 12.1. The van der Waals surface area contributed by atoms with Gasteiger partial charge in [0.2, 0.25) is 0 Å². The molecule has 0 bridgehead atoms. The van der Waals surface area contributed by atoms with E-state index in [2.05, 4.69) is 20.6 Å². The molecule has 9 nitrogen and oxygen atoms in total. The zero-order chi connectivity index (χ0) is 17.1. The van der Waals surface area contributed by atoms with Crippen LogP contribution >= 0.6 is 0 Å². The number of hydrogen-bond acceptors (Lipinski definition) is 5. The van der Waals surface area contributed by atoms with Crippen LogP contribution < -0.4 is 5.32 Å². The molecule has 2 N–H and O–H groups in total. The SMILES string of the molecule is O=C(Nc1ccn(Cc2cccc(F)c2)n1)c1cc([N+](=O)[O-])[nH]n1. The van der Waals surface area contributed by atoms with Crippen LogP contribution in [-0.4, -0.2) is 30.8 Å². The highest BCUT2D eigenvalue weighted by Crippen LogP contribution is 2.11. The smallest absolute Gasteiger partial charge is 0.343 e. The van der Waals surface area contributed by atoms with E-state index in [1.165, 1.54) is 16.8 Å². The van der Waals surface area contributed by atoms with E-state index in [4.69, 9.17) is 0 Å². The summed E-state index contributed by atoms with van der Waals surface area (Å²) in [6.45, 7) is 0.335. The molecular weight excluding hydrogens is 319 g/mol. The largest absolute Gasteiger partial charge is 0.358 e. The Morgan fingerprint density at radius 1 is 1.38 bits per heavy atom. The summed E-state index contributed by atoms with van der Waals surface area (Å²) in [4.78, 5) is 21.8. The summed E-state index contributed by atoms with van der Waals surface area (Å²) in [6, 6.07) is 8.68. The summed E-state index contributed by atoms with van der Waals surface area (Å²) in [6.07, 6.45) is 1.62. The molecule has 0 aliphatic heterocycles. The molecule has 24 heavy (non-hydrogen) atoms. The van der Waals surface area contributed by atoms with Crippen molar-refractivity contribution >= 4 is 17.5 Å². The second kappa shape index (κ2) is 6.28. The van der Waals surface area contributed by atoms with E-state index in [0.717, 1.165) is 11.6 Å². The Morgan fingerprint density at radius 3 is 2.92 bits per heavy atom. The minimum atomic E-state index is -0.683. The molecule has 2 heterocycles. The third-order valence-corrected chi connectivity index (χ3v) is 3.11. The van der Waals surface area contributed by atoms with Crippen LogP contribution in [0, 0.1) is 15.9 Å². The molecule has 0 spiro atoms. The minimum absolute atomic E-state index is 0.124. The molecule has 0 radical (unpaired) electrons. The lowest BCUT2D eigenvalue weighted by Gasteiger charge is -2.02. The standard InChI is InChI=1S/C14H11FN6O3/c15-10-3-1-2-9(6-10)8-20-5-4-12(19-20)16-14(22)11-7-13(18-17-11)21(23)24/h1-7H,8H2,(H,17,18)(H,16,19,22). The molecule has 1 amide bonds. The number of aromatic nitrogens is 4. The maximum atomic E-state index is 13.1. The van der Waals surface area contributed by atoms with E-state index in [9.17, 15) is 19.3 Å². The van der Waals surface area contributed by atoms with Gasteiger partial charge in [0.15, 0.2) is 11.5 Å². The van der Waals surface area contributed by atoms with Crippen LogP contribution in [0.2, 0.25) is 0 Å². The number of hydrogen-bond donors (Lipinski definition) is 2. The highest BCUT2D eigenvalue weighted by molar-refractivity contribution is 6.02. The molecule has 0 aliphatic rings. The van der Waals surface area contributed by atoms with E-state index in [1.54, 1.807) is 24.4 Å². The first-order valence-electron chi connectivity index (χ1n) is 6.80. The third-order valence-electron chi connectivity index (χ3n) is 3.11. The van der Waals surface area contributed by atoms with Gasteiger partial charge in [-0.25, -0.2) is 4.39 Å². The number of halogens is 1. The van der Waals surface area contributed by atoms with Crippen molar-refractivity contribution in [2.75, 3.05) is 5.32 Å². The maximum Gasteiger partial charge on any atom is 0.343 e. The van der Waals surface area contributed by atoms with Crippen LogP contribution in [-0.2, 0) is 6.54 Å². The van der Waals surface area contributed by atoms with E-state index < -0.39 is 10.8 Å². The number of H-pyrrole nitrogens is 1. The lowest BCUT2D eigenvalue weighted by atomic mass is 10.2. The van der Waals surface area contributed by atoms with E-state index >= 15 is 0 Å². The van der Waals surface area contributed by atoms with Crippen molar-refractivity contribution in [3.63, 3.8) is 0 Å². The molecule has 0 aliphatic carbocycles. The molecule has 3 rings (SSSR count). The summed E-state index contributed by atoms with van der Waals surface area (Å²) in [5, 5.41) is 22.9. The topological polar surface area (TPSA) is 119 Å². The number of amides is 1. The van der Waals surface area contributed by atoms with E-state index in [1.807, 2.05) is 0 Å². The molecule has 3 aromatic rings. The number of nitrogens with one attached hydrogen (secondary N) is 2. The van der Waals surface area contributed by atoms with Crippen molar-refractivity contribution in [3.8, 4) is 0 Å². The second-order valence-electron chi connectivity index (χ2n) is 4.88. The molecule has 122 valence electrons. The average molecular weight is 330 g/mol. The molecule has 0 saturated carbocycles. The van der Waals surface area contributed by atoms with Crippen molar-refractivity contribution in [2.24, 2.45) is 0 Å². The Hall–Kier alpha value is -3.56. The van der Waals surface area contributed by atoms with E-state index in [0.29, 0.717) is 6.54 Å². The van der Waals surface area contributed by atoms with Gasteiger partial charge in [0.05, 0.1) is 12.6 Å². The Kier molecular flexibility index (Phi) is 4.01. The van der Waals surface area contributed by atoms with Crippen LogP contribution in [0.5, 0.6) is 0 Å². The third kappa shape index (κ3) is 3.43. The first-order valence-corrected chi connectivity index (χ1v) is 6.80. The van der Waals surface area contributed by atoms with Gasteiger partial charge in [0.25, 0.3) is 5.91 Å². The number of benzene rings is 1. The number of carbonyl (C=O) groups is 1. The van der Waals surface area contributed by atoms with Gasteiger partial charge in [-0.2, -0.15) is 5.10 Å². The van der Waals surface area contributed by atoms with Crippen molar-refractivity contribution in [1.29, 1.82) is 0 Å². The van der Waals surface area contributed by atoms with Gasteiger partial charge in [0, 0.05) is 12.3 Å². The number of nitrogens with zero attached hydrogens (tertiary/aromatic N) is 4. The van der Waals surface area contributed by atoms with Gasteiger partial charge in [-0.05, 0) is 22.6 Å². The van der Waals surface area contributed by atoms with Gasteiger partial charge in [0.1, 0.15) is 5.82 Å². The van der Waals surface area contributed by atoms with Crippen molar-refractivity contribution in [2.45, 2.75) is 6.54 Å². The molecule has 0 atom stereocenters. The molecule has 0 unspecified atom stereocenters. The van der Waals surface area contributed by atoms with Gasteiger partial charge in [-0.15, -0.1) is 5.10 Å². The molecule has 0 fully saturated rings. The average Bonchev–Trinajstić information content (AvgIpc) is 3.17. The lowest BCUT2D eigenvalue weighted by Crippen LogP contribution is -2.13. The van der Waals surface area contributed by atoms with Crippen LogP contribution in [0.15, 0.2) is 42.6 Å². The predicted octanol–water partition coefficient (Wildman–Crippen LogP) is 1.95. The molecule has 0 saturated heterocycles. The minimum Gasteiger partial charge on any atom is -0.358 e. The molecule has 2 aromatic heterocycles. The van der Waals surface area contributed by atoms with Gasteiger partial charge >= 0.3 is 5.82 Å². The summed E-state index contributed by atoms with van der Waals surface area (Å²) in [5.41, 5.74) is 0.597. The molecular formula is C14H11FN6O3. The van der Waals surface area contributed by atoms with Crippen molar-refractivity contribution < 1.29 is 14.1 Å². The summed E-state index contributed by atoms with van der Waals surface area (Å²) >= 11 is 0. The number of nitro groups is 1. The summed E-state index contributed by atoms with van der Waals surface area (Å²) in [7, 11) is 0. The quantitative estimate of drug-likeness (QED) is 0.547. The Bertz CT molecular complexity index is 903. The first-order chi connectivity index (χ1) is 11.5. The Labute approximate surface area is 134 Å². The van der Waals surface area contributed by atoms with Gasteiger partial charge in [-0.3, -0.25) is 9.48 Å². The van der Waals surface area contributed by atoms with Crippen molar-refractivity contribution in [3.05, 3.63) is 69.8 Å². The number of carbonyl (C=O) groups excluding carboxylic acids is 1. The summed E-state index contributed by atoms with van der Waals surface area (Å²) < 4.78 is 14.7. The highest BCUT2D eigenvalue weighted by atomic mass is 19.1. The zero-order valence-electron chi connectivity index (χ0n) is 12.1. The van der Waals surface area contributed by atoms with Gasteiger partial charge in [-0.1, -0.05) is 17.2 Å². The maximum absolute atomic E-state index is 13.1. The Morgan fingerprint density at radius 2 is 2.21 bits per heavy atom. The normalized spacial score (nSPS) is 10.5. The second-order valence-corrected chi connectivity index (χ2v) is 4.88. The van der Waals surface area contributed by atoms with Crippen LogP contribution in [0.1, 0.15) is 16.1 Å². The molecule has 10 heteroatoms. The monoisotopic (exact) mass is 330 g/mol. The van der Waals surface area contributed by atoms with Crippen LogP contribution in [0.25, 0.3) is 0 Å². The Balaban J connectivity index is 1.67. The van der Waals surface area contributed by atoms with Crippen molar-refractivity contribution in [1.82, 2.24) is 20.0 Å². The van der Waals surface area contributed by atoms with Gasteiger partial charge < -0.3 is 15.4 Å². The fourth-order valence-electron chi connectivity index (χ4n) is 2.04. The summed E-state index contributed by atoms with van der Waals surface area (Å²) in [5.74, 6) is -1.09. The fourth-order valence-corrected chi connectivity index (χ4v) is 2.04. The number of aromatic amines is 1.